The lowest BCUT2D eigenvalue weighted by Gasteiger charge is -2.09. The van der Waals surface area contributed by atoms with Gasteiger partial charge in [0.05, 0.1) is 5.56 Å². The van der Waals surface area contributed by atoms with Crippen LogP contribution in [-0.2, 0) is 0 Å². The van der Waals surface area contributed by atoms with Gasteiger partial charge in [0.25, 0.3) is 5.91 Å². The van der Waals surface area contributed by atoms with Crippen LogP contribution < -0.4 is 5.32 Å². The summed E-state index contributed by atoms with van der Waals surface area (Å²) in [5, 5.41) is 3.27. The molecule has 0 saturated carbocycles. The molecule has 0 atom stereocenters. The van der Waals surface area contributed by atoms with Crippen molar-refractivity contribution in [2.24, 2.45) is 0 Å². The van der Waals surface area contributed by atoms with E-state index in [0.29, 0.717) is 20.9 Å². The van der Waals surface area contributed by atoms with E-state index in [4.69, 9.17) is 11.6 Å². The van der Waals surface area contributed by atoms with Gasteiger partial charge in [0.1, 0.15) is 5.82 Å². The molecule has 6 heteroatoms. The molecule has 0 saturated heterocycles. The minimum Gasteiger partial charge on any atom is -0.306 e. The van der Waals surface area contributed by atoms with Crippen molar-refractivity contribution in [2.45, 2.75) is 6.92 Å². The Morgan fingerprint density at radius 1 is 1.32 bits per heavy atom. The van der Waals surface area contributed by atoms with Gasteiger partial charge >= 0.3 is 0 Å². The third kappa shape index (κ3) is 3.55. The summed E-state index contributed by atoms with van der Waals surface area (Å²) in [7, 11) is 0. The van der Waals surface area contributed by atoms with Crippen LogP contribution in [0.2, 0.25) is 5.02 Å². The number of pyridine rings is 1. The SMILES string of the molecule is Cc1cc(Br)cnc1NC(=O)c1cc(Cl)ccc1Br. The monoisotopic (exact) mass is 402 g/mol. The summed E-state index contributed by atoms with van der Waals surface area (Å²) in [5.41, 5.74) is 1.34. The summed E-state index contributed by atoms with van der Waals surface area (Å²) in [6.45, 7) is 1.88. The molecule has 0 fully saturated rings. The van der Waals surface area contributed by atoms with Crippen LogP contribution in [0.15, 0.2) is 39.4 Å². The second kappa shape index (κ2) is 6.03. The van der Waals surface area contributed by atoms with Crippen LogP contribution in [0.25, 0.3) is 0 Å². The third-order valence-electron chi connectivity index (χ3n) is 2.45. The smallest absolute Gasteiger partial charge is 0.258 e. The van der Waals surface area contributed by atoms with Crippen molar-refractivity contribution >= 4 is 55.2 Å². The Hall–Kier alpha value is -0.910. The van der Waals surface area contributed by atoms with E-state index in [1.54, 1.807) is 24.4 Å². The maximum atomic E-state index is 12.2. The standard InChI is InChI=1S/C13H9Br2ClN2O/c1-7-4-8(14)6-17-12(7)18-13(19)10-5-9(16)2-3-11(10)15/h2-6H,1H3,(H,17,18,19). The fourth-order valence-corrected chi connectivity index (χ4v) is 2.56. The molecule has 1 heterocycles. The summed E-state index contributed by atoms with van der Waals surface area (Å²) in [4.78, 5) is 16.3. The van der Waals surface area contributed by atoms with Gasteiger partial charge in [-0.1, -0.05) is 11.6 Å². The molecule has 0 unspecified atom stereocenters. The first-order valence-electron chi connectivity index (χ1n) is 5.36. The molecule has 1 aromatic carbocycles. The van der Waals surface area contributed by atoms with Gasteiger partial charge in [0, 0.05) is 20.2 Å². The van der Waals surface area contributed by atoms with E-state index in [0.717, 1.165) is 10.0 Å². The Morgan fingerprint density at radius 2 is 2.05 bits per heavy atom. The van der Waals surface area contributed by atoms with Crippen LogP contribution in [0.3, 0.4) is 0 Å². The van der Waals surface area contributed by atoms with E-state index in [-0.39, 0.29) is 5.91 Å². The summed E-state index contributed by atoms with van der Waals surface area (Å²) in [6.07, 6.45) is 1.63. The normalized spacial score (nSPS) is 10.3. The number of rotatable bonds is 2. The average molecular weight is 404 g/mol. The maximum absolute atomic E-state index is 12.2. The summed E-state index contributed by atoms with van der Waals surface area (Å²) in [5.74, 6) is 0.271. The lowest BCUT2D eigenvalue weighted by Crippen LogP contribution is -2.14. The molecule has 0 bridgehead atoms. The van der Waals surface area contributed by atoms with Gasteiger partial charge < -0.3 is 5.32 Å². The van der Waals surface area contributed by atoms with Gasteiger partial charge in [-0.3, -0.25) is 4.79 Å². The first kappa shape index (κ1) is 14.5. The quantitative estimate of drug-likeness (QED) is 0.780. The van der Waals surface area contributed by atoms with Crippen LogP contribution in [0.5, 0.6) is 0 Å². The van der Waals surface area contributed by atoms with Crippen LogP contribution in [0.4, 0.5) is 5.82 Å². The van der Waals surface area contributed by atoms with Crippen molar-refractivity contribution in [1.82, 2.24) is 4.98 Å². The highest BCUT2D eigenvalue weighted by Crippen LogP contribution is 2.23. The number of aromatic nitrogens is 1. The van der Waals surface area contributed by atoms with Crippen LogP contribution in [-0.4, -0.2) is 10.9 Å². The van der Waals surface area contributed by atoms with E-state index < -0.39 is 0 Å². The molecule has 1 N–H and O–H groups in total. The van der Waals surface area contributed by atoms with Gasteiger partial charge in [-0.05, 0) is 68.6 Å². The second-order valence-corrected chi connectivity index (χ2v) is 6.10. The zero-order valence-electron chi connectivity index (χ0n) is 9.88. The Kier molecular flexibility index (Phi) is 4.60. The van der Waals surface area contributed by atoms with Gasteiger partial charge in [-0.25, -0.2) is 4.98 Å². The summed E-state index contributed by atoms with van der Waals surface area (Å²) >= 11 is 12.5. The number of benzene rings is 1. The fourth-order valence-electron chi connectivity index (χ4n) is 1.52. The van der Waals surface area contributed by atoms with Gasteiger partial charge in [0.2, 0.25) is 0 Å². The molecule has 1 aromatic heterocycles. The molecule has 0 radical (unpaired) electrons. The first-order valence-corrected chi connectivity index (χ1v) is 7.32. The van der Waals surface area contributed by atoms with E-state index in [1.165, 1.54) is 0 Å². The highest BCUT2D eigenvalue weighted by atomic mass is 79.9. The van der Waals surface area contributed by atoms with Crippen LogP contribution in [0, 0.1) is 6.92 Å². The number of anilines is 1. The Balaban J connectivity index is 2.28. The minimum atomic E-state index is -0.257. The van der Waals surface area contributed by atoms with Gasteiger partial charge in [-0.2, -0.15) is 0 Å². The number of halogens is 3. The number of carbonyl (C=O) groups excluding carboxylic acids is 1. The molecule has 3 nitrogen and oxygen atoms in total. The Bertz CT molecular complexity index is 647. The third-order valence-corrected chi connectivity index (χ3v) is 3.81. The zero-order chi connectivity index (χ0) is 14.0. The maximum Gasteiger partial charge on any atom is 0.258 e. The predicted octanol–water partition coefficient (Wildman–Crippen LogP) is 4.82. The van der Waals surface area contributed by atoms with E-state index in [9.17, 15) is 4.79 Å². The molecule has 0 aliphatic heterocycles. The van der Waals surface area contributed by atoms with Gasteiger partial charge in [-0.15, -0.1) is 0 Å². The van der Waals surface area contributed by atoms with Crippen LogP contribution >= 0.6 is 43.5 Å². The van der Waals surface area contributed by atoms with Crippen molar-refractivity contribution < 1.29 is 4.79 Å². The van der Waals surface area contributed by atoms with E-state index in [1.807, 2.05) is 13.0 Å². The number of hydrogen-bond acceptors (Lipinski definition) is 2. The highest BCUT2D eigenvalue weighted by Gasteiger charge is 2.12. The predicted molar refractivity (Wildman–Crippen MR) is 83.8 cm³/mol. The first-order chi connectivity index (χ1) is 8.97. The highest BCUT2D eigenvalue weighted by molar-refractivity contribution is 9.10. The molecule has 1 amide bonds. The van der Waals surface area contributed by atoms with Crippen LogP contribution in [0.1, 0.15) is 15.9 Å². The number of nitrogens with zero attached hydrogens (tertiary/aromatic N) is 1. The van der Waals surface area contributed by atoms with Gasteiger partial charge in [0.15, 0.2) is 0 Å². The molecule has 0 aliphatic carbocycles. The molecule has 0 aliphatic rings. The van der Waals surface area contributed by atoms with Crippen molar-refractivity contribution in [3.05, 3.63) is 55.6 Å². The molecule has 2 aromatic rings. The molecule has 98 valence electrons. The topological polar surface area (TPSA) is 42.0 Å². The lowest BCUT2D eigenvalue weighted by atomic mass is 10.2. The molecular formula is C13H9Br2ClN2O. The number of amides is 1. The summed E-state index contributed by atoms with van der Waals surface area (Å²) < 4.78 is 1.55. The summed E-state index contributed by atoms with van der Waals surface area (Å²) in [6, 6.07) is 6.94. The second-order valence-electron chi connectivity index (χ2n) is 3.90. The largest absolute Gasteiger partial charge is 0.306 e. The van der Waals surface area contributed by atoms with Crippen molar-refractivity contribution in [2.75, 3.05) is 5.32 Å². The number of nitrogens with one attached hydrogen (secondary N) is 1. The Morgan fingerprint density at radius 3 is 2.74 bits per heavy atom. The molecular weight excluding hydrogens is 395 g/mol. The van der Waals surface area contributed by atoms with E-state index >= 15 is 0 Å². The minimum absolute atomic E-state index is 0.257. The molecule has 0 spiro atoms. The fraction of sp³-hybridized carbons (Fsp3) is 0.0769. The molecule has 2 rings (SSSR count). The number of aryl methyl sites for hydroxylation is 1. The average Bonchev–Trinajstić information content (AvgIpc) is 2.35. The Labute approximate surface area is 132 Å². The number of carbonyl (C=O) groups is 1. The van der Waals surface area contributed by atoms with Crippen molar-refractivity contribution in [3.63, 3.8) is 0 Å². The molecule has 19 heavy (non-hydrogen) atoms. The zero-order valence-corrected chi connectivity index (χ0v) is 13.8. The lowest BCUT2D eigenvalue weighted by molar-refractivity contribution is 0.102. The van der Waals surface area contributed by atoms with Crippen molar-refractivity contribution in [1.29, 1.82) is 0 Å². The van der Waals surface area contributed by atoms with E-state index in [2.05, 4.69) is 42.2 Å². The van der Waals surface area contributed by atoms with Crippen molar-refractivity contribution in [3.8, 4) is 0 Å². The number of hydrogen-bond donors (Lipinski definition) is 1.